The van der Waals surface area contributed by atoms with Crippen molar-refractivity contribution in [2.75, 3.05) is 23.7 Å². The van der Waals surface area contributed by atoms with Gasteiger partial charge in [-0.15, -0.1) is 0 Å². The summed E-state index contributed by atoms with van der Waals surface area (Å²) in [5.41, 5.74) is 3.89. The van der Waals surface area contributed by atoms with Crippen LogP contribution in [0.2, 0.25) is 0 Å². The van der Waals surface area contributed by atoms with Gasteiger partial charge in [0, 0.05) is 37.1 Å². The van der Waals surface area contributed by atoms with E-state index in [1.807, 2.05) is 17.5 Å². The predicted molar refractivity (Wildman–Crippen MR) is 153 cm³/mol. The molecule has 1 saturated heterocycles. The van der Waals surface area contributed by atoms with Crippen molar-refractivity contribution in [3.8, 4) is 11.3 Å². The largest absolute Gasteiger partial charge is 0.328 e. The van der Waals surface area contributed by atoms with Crippen LogP contribution < -0.4 is 10.6 Å². The van der Waals surface area contributed by atoms with Gasteiger partial charge in [0.25, 0.3) is 0 Å². The van der Waals surface area contributed by atoms with Crippen molar-refractivity contribution in [2.45, 2.75) is 39.8 Å². The maximum absolute atomic E-state index is 13.9. The normalized spacial score (nSPS) is 15.9. The van der Waals surface area contributed by atoms with Gasteiger partial charge in [-0.1, -0.05) is 6.92 Å². The summed E-state index contributed by atoms with van der Waals surface area (Å²) in [7, 11) is 0. The summed E-state index contributed by atoms with van der Waals surface area (Å²) in [4.78, 5) is 24.2. The Morgan fingerprint density at radius 1 is 1.20 bits per heavy atom. The number of imidazole rings is 1. The summed E-state index contributed by atoms with van der Waals surface area (Å²) in [6, 6.07) is 5.05. The molecule has 0 bridgehead atoms. The van der Waals surface area contributed by atoms with Gasteiger partial charge < -0.3 is 10.6 Å². The summed E-state index contributed by atoms with van der Waals surface area (Å²) in [5, 5.41) is 11.0. The molecule has 6 rings (SSSR count). The highest BCUT2D eigenvalue weighted by Crippen LogP contribution is 2.28. The molecule has 41 heavy (non-hydrogen) atoms. The smallest absolute Gasteiger partial charge is 0.246 e. The fourth-order valence-electron chi connectivity index (χ4n) is 5.14. The molecule has 1 aromatic carbocycles. The highest BCUT2D eigenvalue weighted by molar-refractivity contribution is 7.10. The summed E-state index contributed by atoms with van der Waals surface area (Å²) in [5.74, 6) is -0.715. The number of nitrogens with one attached hydrogen (secondary N) is 2. The van der Waals surface area contributed by atoms with Gasteiger partial charge in [0.1, 0.15) is 23.2 Å². The standard InChI is InChI=1S/C28H29F2N9OS/c1-17-4-3-7-37(12-17)15-21-9-26(41-36-21)35-27-28-31-11-24(39(28)13-18(2)33-27)19-10-32-38(14-19)16-25(40)34-23-6-5-20(29)8-22(23)30/h5-6,8-11,13-14,17H,3-4,7,12,15-16H2,1-2H3,(H,33,35)(H,34,40). The van der Waals surface area contributed by atoms with Crippen molar-refractivity contribution >= 4 is 39.6 Å². The SMILES string of the molecule is Cc1cn2c(-c3cnn(CC(=O)Nc4ccc(F)cc4F)c3)cnc2c(Nc2cc(CN3CCCC(C)C3)ns2)n1. The quantitative estimate of drug-likeness (QED) is 0.260. The molecule has 5 heterocycles. The van der Waals surface area contributed by atoms with E-state index in [4.69, 9.17) is 0 Å². The minimum atomic E-state index is -0.843. The second kappa shape index (κ2) is 11.3. The molecular formula is C28H29F2N9OS. The van der Waals surface area contributed by atoms with Crippen LogP contribution in [0.15, 0.2) is 49.1 Å². The minimum Gasteiger partial charge on any atom is -0.328 e. The molecule has 10 nitrogen and oxygen atoms in total. The molecule has 1 atom stereocenters. The van der Waals surface area contributed by atoms with Crippen molar-refractivity contribution in [3.05, 3.63) is 72.1 Å². The summed E-state index contributed by atoms with van der Waals surface area (Å²) >= 11 is 1.40. The number of likely N-dealkylation sites (tertiary alicyclic amines) is 1. The van der Waals surface area contributed by atoms with Gasteiger partial charge in [-0.3, -0.25) is 18.8 Å². The van der Waals surface area contributed by atoms with Crippen LogP contribution in [0.4, 0.5) is 25.3 Å². The number of hydrogen-bond donors (Lipinski definition) is 2. The van der Waals surface area contributed by atoms with Gasteiger partial charge >= 0.3 is 0 Å². The highest BCUT2D eigenvalue weighted by Gasteiger charge is 2.19. The van der Waals surface area contributed by atoms with E-state index in [1.165, 1.54) is 35.1 Å². The van der Waals surface area contributed by atoms with Crippen LogP contribution in [0, 0.1) is 24.5 Å². The second-order valence-corrected chi connectivity index (χ2v) is 11.3. The zero-order valence-electron chi connectivity index (χ0n) is 22.6. The topological polar surface area (TPSA) is 105 Å². The Balaban J connectivity index is 1.17. The molecule has 1 aliphatic heterocycles. The predicted octanol–water partition coefficient (Wildman–Crippen LogP) is 5.25. The molecule has 1 fully saturated rings. The van der Waals surface area contributed by atoms with Crippen LogP contribution in [0.5, 0.6) is 0 Å². The molecule has 1 aliphatic rings. The lowest BCUT2D eigenvalue weighted by atomic mass is 10.0. The molecule has 0 saturated carbocycles. The molecular weight excluding hydrogens is 548 g/mol. The monoisotopic (exact) mass is 577 g/mol. The first-order chi connectivity index (χ1) is 19.8. The summed E-state index contributed by atoms with van der Waals surface area (Å²) in [6.45, 7) is 7.11. The first-order valence-corrected chi connectivity index (χ1v) is 14.2. The van der Waals surface area contributed by atoms with E-state index in [1.54, 1.807) is 18.6 Å². The van der Waals surface area contributed by atoms with Gasteiger partial charge in [-0.25, -0.2) is 18.7 Å². The van der Waals surface area contributed by atoms with Crippen LogP contribution in [0.1, 0.15) is 31.2 Å². The summed E-state index contributed by atoms with van der Waals surface area (Å²) < 4.78 is 35.1. The Morgan fingerprint density at radius 2 is 2.07 bits per heavy atom. The molecule has 1 unspecified atom stereocenters. The maximum Gasteiger partial charge on any atom is 0.246 e. The van der Waals surface area contributed by atoms with E-state index in [0.29, 0.717) is 11.5 Å². The average molecular weight is 578 g/mol. The number of carbonyl (C=O) groups excluding carboxylic acids is 1. The number of hydrogen-bond acceptors (Lipinski definition) is 8. The number of halogens is 2. The zero-order valence-corrected chi connectivity index (χ0v) is 23.5. The van der Waals surface area contributed by atoms with Crippen LogP contribution in [0.25, 0.3) is 16.9 Å². The number of anilines is 3. The Kier molecular flexibility index (Phi) is 7.45. The van der Waals surface area contributed by atoms with E-state index in [0.717, 1.165) is 65.3 Å². The molecule has 4 aromatic heterocycles. The molecule has 0 radical (unpaired) electrons. The van der Waals surface area contributed by atoms with Crippen LogP contribution in [-0.4, -0.2) is 52.4 Å². The Hall–Kier alpha value is -4.23. The molecule has 1 amide bonds. The third kappa shape index (κ3) is 6.10. The van der Waals surface area contributed by atoms with Gasteiger partial charge in [-0.05, 0) is 62.0 Å². The summed E-state index contributed by atoms with van der Waals surface area (Å²) in [6.07, 6.45) is 9.48. The Labute approximate surface area is 239 Å². The van der Waals surface area contributed by atoms with Crippen molar-refractivity contribution in [1.82, 2.24) is 33.4 Å². The second-order valence-electron chi connectivity index (χ2n) is 10.5. The number of rotatable bonds is 8. The number of carbonyl (C=O) groups is 1. The third-order valence-corrected chi connectivity index (χ3v) is 7.72. The van der Waals surface area contributed by atoms with E-state index in [9.17, 15) is 13.6 Å². The van der Waals surface area contributed by atoms with Crippen LogP contribution >= 0.6 is 11.5 Å². The van der Waals surface area contributed by atoms with Crippen molar-refractivity contribution < 1.29 is 13.6 Å². The maximum atomic E-state index is 13.9. The van der Waals surface area contributed by atoms with Crippen molar-refractivity contribution in [3.63, 3.8) is 0 Å². The highest BCUT2D eigenvalue weighted by atomic mass is 32.1. The number of fused-ring (bicyclic) bond motifs is 1. The van der Waals surface area contributed by atoms with Crippen LogP contribution in [0.3, 0.4) is 0 Å². The molecule has 5 aromatic rings. The number of nitrogens with zero attached hydrogens (tertiary/aromatic N) is 7. The third-order valence-electron chi connectivity index (χ3n) is 6.98. The average Bonchev–Trinajstić information content (AvgIpc) is 3.66. The number of aromatic nitrogens is 6. The zero-order chi connectivity index (χ0) is 28.5. The van der Waals surface area contributed by atoms with E-state index in [2.05, 4.69) is 48.0 Å². The number of benzene rings is 1. The lowest BCUT2D eigenvalue weighted by molar-refractivity contribution is -0.116. The first kappa shape index (κ1) is 27.0. The van der Waals surface area contributed by atoms with Crippen LogP contribution in [-0.2, 0) is 17.9 Å². The van der Waals surface area contributed by atoms with E-state index in [-0.39, 0.29) is 12.2 Å². The lowest BCUT2D eigenvalue weighted by Gasteiger charge is -2.30. The molecule has 0 aliphatic carbocycles. The first-order valence-electron chi connectivity index (χ1n) is 13.4. The molecule has 0 spiro atoms. The van der Waals surface area contributed by atoms with Gasteiger partial charge in [0.15, 0.2) is 11.5 Å². The van der Waals surface area contributed by atoms with E-state index >= 15 is 0 Å². The van der Waals surface area contributed by atoms with E-state index < -0.39 is 17.5 Å². The number of aryl methyl sites for hydroxylation is 1. The number of piperidine rings is 1. The minimum absolute atomic E-state index is 0.0947. The molecule has 13 heteroatoms. The fourth-order valence-corrected chi connectivity index (χ4v) is 5.79. The van der Waals surface area contributed by atoms with Gasteiger partial charge in [-0.2, -0.15) is 9.47 Å². The van der Waals surface area contributed by atoms with Crippen molar-refractivity contribution in [2.24, 2.45) is 5.92 Å². The Bertz CT molecular complexity index is 1710. The number of amides is 1. The van der Waals surface area contributed by atoms with Gasteiger partial charge in [0.2, 0.25) is 5.91 Å². The van der Waals surface area contributed by atoms with Gasteiger partial charge in [0.05, 0.1) is 35.2 Å². The Morgan fingerprint density at radius 3 is 2.90 bits per heavy atom. The van der Waals surface area contributed by atoms with Crippen molar-refractivity contribution in [1.29, 1.82) is 0 Å². The fraction of sp³-hybridized carbons (Fsp3) is 0.321. The molecule has 2 N–H and O–H groups in total. The molecule has 212 valence electrons. The lowest BCUT2D eigenvalue weighted by Crippen LogP contribution is -2.33.